The van der Waals surface area contributed by atoms with Gasteiger partial charge in [-0.2, -0.15) is 4.31 Å². The van der Waals surface area contributed by atoms with E-state index in [0.717, 1.165) is 30.2 Å². The molecule has 2 unspecified atom stereocenters. The van der Waals surface area contributed by atoms with Crippen molar-refractivity contribution in [1.82, 2.24) is 4.31 Å². The van der Waals surface area contributed by atoms with Crippen molar-refractivity contribution in [3.05, 3.63) is 16.2 Å². The second kappa shape index (κ2) is 4.65. The fourth-order valence-corrected chi connectivity index (χ4v) is 5.42. The molecule has 2 aliphatic rings. The molecule has 20 heavy (non-hydrogen) atoms. The van der Waals surface area contributed by atoms with Crippen molar-refractivity contribution in [3.8, 4) is 0 Å². The zero-order valence-electron chi connectivity index (χ0n) is 10.4. The van der Waals surface area contributed by atoms with Crippen LogP contribution in [0, 0.1) is 10.1 Å². The Bertz CT molecular complexity index is 644. The summed E-state index contributed by atoms with van der Waals surface area (Å²) < 4.78 is 31.8. The molecule has 0 spiro atoms. The lowest BCUT2D eigenvalue weighted by Gasteiger charge is -2.30. The zero-order valence-corrected chi connectivity index (χ0v) is 12.0. The van der Waals surface area contributed by atoms with Crippen molar-refractivity contribution in [2.45, 2.75) is 29.3 Å². The Morgan fingerprint density at radius 1 is 1.40 bits per heavy atom. The second-order valence-corrected chi connectivity index (χ2v) is 8.10. The van der Waals surface area contributed by atoms with Crippen molar-refractivity contribution < 1.29 is 18.1 Å². The van der Waals surface area contributed by atoms with Crippen LogP contribution in [0.15, 0.2) is 10.3 Å². The van der Waals surface area contributed by atoms with E-state index in [0.29, 0.717) is 13.1 Å². The number of nitrogens with zero attached hydrogens (tertiary/aromatic N) is 2. The minimum absolute atomic E-state index is 0.0733. The first kappa shape index (κ1) is 13.7. The lowest BCUT2D eigenvalue weighted by atomic mass is 10.2. The van der Waals surface area contributed by atoms with Gasteiger partial charge in [0.25, 0.3) is 10.0 Å². The van der Waals surface area contributed by atoms with Gasteiger partial charge in [0.2, 0.25) is 0 Å². The Labute approximate surface area is 119 Å². The highest BCUT2D eigenvalue weighted by Gasteiger charge is 2.40. The standard InChI is InChI=1S/C10H13N3O5S2/c11-10-8(13(14)15)3-9(19-10)20(16,17)12-4-6-1-2-7(5-12)18-6/h3,6-7H,1-2,4-5,11H2. The van der Waals surface area contributed by atoms with E-state index in [1.165, 1.54) is 4.31 Å². The largest absolute Gasteiger partial charge is 0.385 e. The molecule has 0 aromatic carbocycles. The van der Waals surface area contributed by atoms with Crippen LogP contribution in [-0.2, 0) is 14.8 Å². The van der Waals surface area contributed by atoms with Crippen molar-refractivity contribution in [2.75, 3.05) is 18.8 Å². The Balaban J connectivity index is 1.92. The monoisotopic (exact) mass is 319 g/mol. The summed E-state index contributed by atoms with van der Waals surface area (Å²) in [5.74, 6) is 0. The molecule has 2 atom stereocenters. The first-order valence-electron chi connectivity index (χ1n) is 6.07. The first-order valence-corrected chi connectivity index (χ1v) is 8.33. The van der Waals surface area contributed by atoms with Crippen molar-refractivity contribution in [3.63, 3.8) is 0 Å². The summed E-state index contributed by atoms with van der Waals surface area (Å²) in [6, 6.07) is 1.03. The van der Waals surface area contributed by atoms with Gasteiger partial charge < -0.3 is 10.5 Å². The number of nitrogen functional groups attached to an aromatic ring is 1. The normalized spacial score (nSPS) is 26.8. The van der Waals surface area contributed by atoms with E-state index >= 15 is 0 Å². The van der Waals surface area contributed by atoms with Gasteiger partial charge in [0.15, 0.2) is 5.00 Å². The number of ether oxygens (including phenoxy) is 1. The fourth-order valence-electron chi connectivity index (χ4n) is 2.54. The lowest BCUT2D eigenvalue weighted by molar-refractivity contribution is -0.383. The van der Waals surface area contributed by atoms with E-state index in [2.05, 4.69) is 0 Å². The quantitative estimate of drug-likeness (QED) is 0.650. The average molecular weight is 319 g/mol. The molecule has 2 saturated heterocycles. The van der Waals surface area contributed by atoms with Gasteiger partial charge in [-0.1, -0.05) is 11.3 Å². The molecule has 0 radical (unpaired) electrons. The van der Waals surface area contributed by atoms with Gasteiger partial charge in [-0.25, -0.2) is 8.42 Å². The van der Waals surface area contributed by atoms with E-state index in [1.807, 2.05) is 0 Å². The summed E-state index contributed by atoms with van der Waals surface area (Å²) in [5.41, 5.74) is 5.15. The van der Waals surface area contributed by atoms with Gasteiger partial charge in [0, 0.05) is 19.2 Å². The van der Waals surface area contributed by atoms with E-state index in [-0.39, 0.29) is 27.1 Å². The molecule has 110 valence electrons. The number of hydrogen-bond acceptors (Lipinski definition) is 7. The van der Waals surface area contributed by atoms with Crippen LogP contribution < -0.4 is 5.73 Å². The van der Waals surface area contributed by atoms with Gasteiger partial charge in [-0.3, -0.25) is 10.1 Å². The SMILES string of the molecule is Nc1sc(S(=O)(=O)N2CC3CCC(C2)O3)cc1[N+](=O)[O-]. The number of anilines is 1. The Morgan fingerprint density at radius 3 is 2.50 bits per heavy atom. The average Bonchev–Trinajstić information content (AvgIpc) is 2.93. The molecule has 2 fully saturated rings. The van der Waals surface area contributed by atoms with Crippen LogP contribution >= 0.6 is 11.3 Å². The Hall–Kier alpha value is -1.23. The topological polar surface area (TPSA) is 116 Å². The molecule has 0 saturated carbocycles. The van der Waals surface area contributed by atoms with Crippen LogP contribution in [0.3, 0.4) is 0 Å². The summed E-state index contributed by atoms with van der Waals surface area (Å²) in [5, 5.41) is 10.7. The first-order chi connectivity index (χ1) is 9.38. The maximum Gasteiger partial charge on any atom is 0.304 e. The minimum atomic E-state index is -3.74. The van der Waals surface area contributed by atoms with Crippen molar-refractivity contribution >= 4 is 32.0 Å². The molecule has 1 aromatic rings. The molecule has 10 heteroatoms. The molecule has 0 amide bonds. The highest BCUT2D eigenvalue weighted by Crippen LogP contribution is 2.37. The molecule has 1 aromatic heterocycles. The number of morpholine rings is 1. The second-order valence-electron chi connectivity index (χ2n) is 4.85. The maximum absolute atomic E-state index is 12.5. The number of nitrogens with two attached hydrogens (primary N) is 1. The summed E-state index contributed by atoms with van der Waals surface area (Å²) in [6.07, 6.45) is 1.55. The third kappa shape index (κ3) is 2.18. The summed E-state index contributed by atoms with van der Waals surface area (Å²) >= 11 is 0.732. The molecule has 3 rings (SSSR count). The Kier molecular flexibility index (Phi) is 3.20. The van der Waals surface area contributed by atoms with Crippen molar-refractivity contribution in [1.29, 1.82) is 0 Å². The van der Waals surface area contributed by atoms with E-state index < -0.39 is 14.9 Å². The summed E-state index contributed by atoms with van der Waals surface area (Å²) in [6.45, 7) is 0.592. The van der Waals surface area contributed by atoms with Gasteiger partial charge in [-0.05, 0) is 12.8 Å². The summed E-state index contributed by atoms with van der Waals surface area (Å²) in [4.78, 5) is 10.1. The van der Waals surface area contributed by atoms with Crippen LogP contribution in [0.5, 0.6) is 0 Å². The molecule has 8 nitrogen and oxygen atoms in total. The van der Waals surface area contributed by atoms with Gasteiger partial charge in [0.05, 0.1) is 17.1 Å². The molecule has 0 aliphatic carbocycles. The Morgan fingerprint density at radius 2 is 2.00 bits per heavy atom. The minimum Gasteiger partial charge on any atom is -0.385 e. The molecule has 3 heterocycles. The predicted molar refractivity (Wildman–Crippen MR) is 72.0 cm³/mol. The molecule has 2 bridgehead atoms. The third-order valence-electron chi connectivity index (χ3n) is 3.52. The van der Waals surface area contributed by atoms with Gasteiger partial charge >= 0.3 is 5.69 Å². The van der Waals surface area contributed by atoms with Gasteiger partial charge in [-0.15, -0.1) is 0 Å². The number of sulfonamides is 1. The maximum atomic E-state index is 12.5. The molecule has 2 N–H and O–H groups in total. The van der Waals surface area contributed by atoms with Crippen molar-refractivity contribution in [2.24, 2.45) is 0 Å². The number of rotatable bonds is 3. The lowest BCUT2D eigenvalue weighted by Crippen LogP contribution is -2.45. The molecule has 2 aliphatic heterocycles. The van der Waals surface area contributed by atoms with Crippen LogP contribution in [0.2, 0.25) is 0 Å². The van der Waals surface area contributed by atoms with Crippen LogP contribution in [0.25, 0.3) is 0 Å². The fraction of sp³-hybridized carbons (Fsp3) is 0.600. The summed E-state index contributed by atoms with van der Waals surface area (Å²) in [7, 11) is -3.74. The smallest absolute Gasteiger partial charge is 0.304 e. The van der Waals surface area contributed by atoms with Crippen LogP contribution in [0.1, 0.15) is 12.8 Å². The van der Waals surface area contributed by atoms with Gasteiger partial charge in [0.1, 0.15) is 4.21 Å². The van der Waals surface area contributed by atoms with Crippen LogP contribution in [-0.4, -0.2) is 42.9 Å². The third-order valence-corrected chi connectivity index (χ3v) is 6.75. The van der Waals surface area contributed by atoms with E-state index in [4.69, 9.17) is 10.5 Å². The highest BCUT2D eigenvalue weighted by atomic mass is 32.2. The highest BCUT2D eigenvalue weighted by molar-refractivity contribution is 7.91. The number of fused-ring (bicyclic) bond motifs is 2. The number of hydrogen-bond donors (Lipinski definition) is 1. The van der Waals surface area contributed by atoms with E-state index in [9.17, 15) is 18.5 Å². The zero-order chi connectivity index (χ0) is 14.5. The number of nitro groups is 1. The van der Waals surface area contributed by atoms with E-state index in [1.54, 1.807) is 0 Å². The molecular weight excluding hydrogens is 306 g/mol. The van der Waals surface area contributed by atoms with Crippen LogP contribution in [0.4, 0.5) is 10.7 Å². The number of thiophene rings is 1. The predicted octanol–water partition coefficient (Wildman–Crippen LogP) is 0.790. The molecular formula is C10H13N3O5S2.